The van der Waals surface area contributed by atoms with Crippen molar-refractivity contribution >= 4 is 82.1 Å². The van der Waals surface area contributed by atoms with Crippen molar-refractivity contribution in [1.82, 2.24) is 0 Å². The van der Waals surface area contributed by atoms with Crippen LogP contribution in [0.5, 0.6) is 0 Å². The van der Waals surface area contributed by atoms with Gasteiger partial charge in [0.05, 0.1) is 5.69 Å². The van der Waals surface area contributed by atoms with Crippen molar-refractivity contribution in [3.63, 3.8) is 0 Å². The summed E-state index contributed by atoms with van der Waals surface area (Å²) in [5.41, 5.74) is 7.66. The smallest absolute Gasteiger partial charge is 0.138 e. The third-order valence-electron chi connectivity index (χ3n) is 9.27. The van der Waals surface area contributed by atoms with Crippen molar-refractivity contribution in [2.45, 2.75) is 13.8 Å². The molecule has 9 aromatic rings. The van der Waals surface area contributed by atoms with Crippen LogP contribution in [0.15, 0.2) is 144 Å². The van der Waals surface area contributed by atoms with Crippen LogP contribution < -0.4 is 4.90 Å². The van der Waals surface area contributed by atoms with Gasteiger partial charge in [0.15, 0.2) is 0 Å². The Morgan fingerprint density at radius 3 is 1.39 bits per heavy atom. The highest BCUT2D eigenvalue weighted by molar-refractivity contribution is 6.30. The second-order valence-corrected chi connectivity index (χ2v) is 11.8. The third kappa shape index (κ3) is 3.55. The Morgan fingerprint density at radius 2 is 0.818 bits per heavy atom. The molecule has 9 rings (SSSR count). The molecule has 0 saturated carbocycles. The van der Waals surface area contributed by atoms with Gasteiger partial charge in [0.1, 0.15) is 11.2 Å². The number of anilines is 3. The average molecular weight is 564 g/mol. The molecule has 1 heterocycles. The van der Waals surface area contributed by atoms with E-state index in [1.165, 1.54) is 54.2 Å². The molecule has 0 atom stereocenters. The minimum Gasteiger partial charge on any atom is -0.456 e. The molecule has 0 saturated heterocycles. The lowest BCUT2D eigenvalue weighted by molar-refractivity contribution is 0.670. The molecule has 1 aromatic heterocycles. The zero-order valence-electron chi connectivity index (χ0n) is 24.6. The summed E-state index contributed by atoms with van der Waals surface area (Å²) in [6.07, 6.45) is 0. The molecular weight excluding hydrogens is 534 g/mol. The first-order valence-corrected chi connectivity index (χ1v) is 15.2. The van der Waals surface area contributed by atoms with Crippen molar-refractivity contribution in [2.75, 3.05) is 4.90 Å². The molecule has 0 fully saturated rings. The first-order valence-electron chi connectivity index (χ1n) is 15.2. The second-order valence-electron chi connectivity index (χ2n) is 11.8. The van der Waals surface area contributed by atoms with E-state index in [1.807, 2.05) is 0 Å². The molecule has 0 aliphatic heterocycles. The van der Waals surface area contributed by atoms with Crippen molar-refractivity contribution in [2.24, 2.45) is 0 Å². The maximum atomic E-state index is 6.83. The van der Waals surface area contributed by atoms with Gasteiger partial charge in [0.25, 0.3) is 0 Å². The summed E-state index contributed by atoms with van der Waals surface area (Å²) in [4.78, 5) is 2.40. The average Bonchev–Trinajstić information content (AvgIpc) is 3.43. The molecule has 8 aromatic carbocycles. The number of hydrogen-bond acceptors (Lipinski definition) is 2. The molecule has 44 heavy (non-hydrogen) atoms. The van der Waals surface area contributed by atoms with E-state index >= 15 is 0 Å². The van der Waals surface area contributed by atoms with Crippen LogP contribution in [0.25, 0.3) is 65.0 Å². The summed E-state index contributed by atoms with van der Waals surface area (Å²) in [5, 5.41) is 12.2. The molecule has 0 aliphatic rings. The Hall–Kier alpha value is -5.60. The molecule has 2 nitrogen and oxygen atoms in total. The number of furan rings is 1. The topological polar surface area (TPSA) is 16.4 Å². The van der Waals surface area contributed by atoms with Gasteiger partial charge in [0.2, 0.25) is 0 Å². The van der Waals surface area contributed by atoms with E-state index < -0.39 is 0 Å². The Labute approximate surface area is 255 Å². The van der Waals surface area contributed by atoms with Crippen LogP contribution in [-0.4, -0.2) is 0 Å². The van der Waals surface area contributed by atoms with E-state index in [4.69, 9.17) is 4.42 Å². The SMILES string of the molecule is Cc1ccccc1N(c1ccccc1C)c1cc2oc3cc4c5ccccc5c5ccccc5c4cc3c2c2ccccc12. The molecular formula is C42H29NO. The standard InChI is InChI=1S/C42H29NO/c1-26-13-3-11-21-37(26)43(38-22-12-4-14-27(38)2)39-25-41-42(33-20-10-9-19-32(33)39)36-23-34-30-17-7-5-15-28(30)29-16-6-8-18-31(29)35(34)24-40(36)44-41/h3-25H,1-2H3. The van der Waals surface area contributed by atoms with E-state index in [9.17, 15) is 0 Å². The molecule has 2 heteroatoms. The largest absolute Gasteiger partial charge is 0.456 e. The van der Waals surface area contributed by atoms with Crippen LogP contribution in [0.2, 0.25) is 0 Å². The lowest BCUT2D eigenvalue weighted by Gasteiger charge is -2.29. The quantitative estimate of drug-likeness (QED) is 0.199. The first kappa shape index (κ1) is 24.9. The number of fused-ring (bicyclic) bond motifs is 11. The van der Waals surface area contributed by atoms with Gasteiger partial charge in [-0.05, 0) is 86.9 Å². The Bertz CT molecular complexity index is 2540. The van der Waals surface area contributed by atoms with Crippen molar-refractivity contribution in [1.29, 1.82) is 0 Å². The summed E-state index contributed by atoms with van der Waals surface area (Å²) < 4.78 is 6.83. The van der Waals surface area contributed by atoms with Crippen molar-refractivity contribution in [3.05, 3.63) is 151 Å². The molecule has 0 N–H and O–H groups in total. The highest BCUT2D eigenvalue weighted by Crippen LogP contribution is 2.47. The van der Waals surface area contributed by atoms with Crippen LogP contribution in [0, 0.1) is 13.8 Å². The first-order chi connectivity index (χ1) is 21.7. The fourth-order valence-corrected chi connectivity index (χ4v) is 7.22. The maximum absolute atomic E-state index is 6.83. The zero-order chi connectivity index (χ0) is 29.4. The van der Waals surface area contributed by atoms with Crippen LogP contribution in [0.3, 0.4) is 0 Å². The number of aryl methyl sites for hydroxylation is 2. The lowest BCUT2D eigenvalue weighted by atomic mass is 9.92. The summed E-state index contributed by atoms with van der Waals surface area (Å²) in [5.74, 6) is 0. The molecule has 0 spiro atoms. The molecule has 208 valence electrons. The van der Waals surface area contributed by atoms with Gasteiger partial charge in [-0.1, -0.05) is 109 Å². The Balaban J connectivity index is 1.42. The number of benzene rings is 8. The summed E-state index contributed by atoms with van der Waals surface area (Å²) >= 11 is 0. The van der Waals surface area contributed by atoms with Crippen LogP contribution in [-0.2, 0) is 0 Å². The zero-order valence-corrected chi connectivity index (χ0v) is 24.6. The lowest BCUT2D eigenvalue weighted by Crippen LogP contribution is -2.13. The van der Waals surface area contributed by atoms with E-state index in [-0.39, 0.29) is 0 Å². The number of rotatable bonds is 3. The second kappa shape index (κ2) is 9.45. The highest BCUT2D eigenvalue weighted by Gasteiger charge is 2.22. The fourth-order valence-electron chi connectivity index (χ4n) is 7.22. The maximum Gasteiger partial charge on any atom is 0.138 e. The van der Waals surface area contributed by atoms with Crippen LogP contribution >= 0.6 is 0 Å². The molecule has 0 unspecified atom stereocenters. The van der Waals surface area contributed by atoms with Crippen LogP contribution in [0.1, 0.15) is 11.1 Å². The summed E-state index contributed by atoms with van der Waals surface area (Å²) in [6, 6.07) is 50.3. The summed E-state index contributed by atoms with van der Waals surface area (Å²) in [7, 11) is 0. The number of nitrogens with zero attached hydrogens (tertiary/aromatic N) is 1. The molecule has 0 amide bonds. The van der Waals surface area contributed by atoms with Gasteiger partial charge in [-0.3, -0.25) is 0 Å². The monoisotopic (exact) mass is 563 g/mol. The predicted molar refractivity (Wildman–Crippen MR) is 188 cm³/mol. The molecule has 0 aliphatic carbocycles. The van der Waals surface area contributed by atoms with Gasteiger partial charge >= 0.3 is 0 Å². The number of hydrogen-bond donors (Lipinski definition) is 0. The molecule has 0 bridgehead atoms. The summed E-state index contributed by atoms with van der Waals surface area (Å²) in [6.45, 7) is 4.37. The third-order valence-corrected chi connectivity index (χ3v) is 9.27. The van der Waals surface area contributed by atoms with E-state index in [0.29, 0.717) is 0 Å². The van der Waals surface area contributed by atoms with Crippen molar-refractivity contribution in [3.8, 4) is 0 Å². The number of para-hydroxylation sites is 2. The van der Waals surface area contributed by atoms with Crippen LogP contribution in [0.4, 0.5) is 17.1 Å². The van der Waals surface area contributed by atoms with Gasteiger partial charge in [-0.2, -0.15) is 0 Å². The Kier molecular flexibility index (Phi) is 5.36. The van der Waals surface area contributed by atoms with Gasteiger partial charge in [0, 0.05) is 33.6 Å². The van der Waals surface area contributed by atoms with Gasteiger partial charge < -0.3 is 9.32 Å². The predicted octanol–water partition coefficient (Wildman–Crippen LogP) is 12.3. The van der Waals surface area contributed by atoms with E-state index in [0.717, 1.165) is 39.0 Å². The van der Waals surface area contributed by atoms with E-state index in [1.54, 1.807) is 0 Å². The van der Waals surface area contributed by atoms with Gasteiger partial charge in [-0.15, -0.1) is 0 Å². The molecule has 0 radical (unpaired) electrons. The minimum atomic E-state index is 0.893. The van der Waals surface area contributed by atoms with E-state index in [2.05, 4.69) is 158 Å². The minimum absolute atomic E-state index is 0.893. The highest BCUT2D eigenvalue weighted by atomic mass is 16.3. The Morgan fingerprint density at radius 1 is 0.364 bits per heavy atom. The van der Waals surface area contributed by atoms with Gasteiger partial charge in [-0.25, -0.2) is 0 Å². The van der Waals surface area contributed by atoms with Crippen molar-refractivity contribution < 1.29 is 4.42 Å². The fraction of sp³-hybridized carbons (Fsp3) is 0.0476. The normalized spacial score (nSPS) is 11.9.